The van der Waals surface area contributed by atoms with Crippen LogP contribution in [0.25, 0.3) is 0 Å². The van der Waals surface area contributed by atoms with E-state index in [0.29, 0.717) is 6.42 Å². The van der Waals surface area contributed by atoms with Gasteiger partial charge >= 0.3 is 6.09 Å². The van der Waals surface area contributed by atoms with Gasteiger partial charge in [-0.3, -0.25) is 4.79 Å². The molecule has 1 rings (SSSR count). The Balaban J connectivity index is 2.55. The van der Waals surface area contributed by atoms with Gasteiger partial charge in [-0.2, -0.15) is 0 Å². The molecule has 1 aliphatic heterocycles. The molecule has 1 heterocycles. The van der Waals surface area contributed by atoms with E-state index in [-0.39, 0.29) is 12.5 Å². The minimum atomic E-state index is -3.04. The second-order valence-electron chi connectivity index (χ2n) is 7.19. The number of carbonyl (C=O) groups is 2. The van der Waals surface area contributed by atoms with E-state index in [9.17, 15) is 18.4 Å². The molecule has 1 aliphatic rings. The fraction of sp³-hybridized carbons (Fsp3) is 0.875. The van der Waals surface area contributed by atoms with E-state index in [2.05, 4.69) is 21.2 Å². The molecular formula is C16H27BrF2N2O3. The summed E-state index contributed by atoms with van der Waals surface area (Å²) in [7, 11) is 0. The van der Waals surface area contributed by atoms with Crippen molar-refractivity contribution in [1.82, 2.24) is 10.2 Å². The number of hydrogen-bond donors (Lipinski definition) is 1. The Bertz CT molecular complexity index is 442. The van der Waals surface area contributed by atoms with Crippen LogP contribution in [0.4, 0.5) is 13.6 Å². The molecule has 0 bridgehead atoms. The molecule has 0 aromatic heterocycles. The predicted molar refractivity (Wildman–Crippen MR) is 91.6 cm³/mol. The Kier molecular flexibility index (Phi) is 7.89. The number of nitrogens with one attached hydrogen (secondary N) is 1. The van der Waals surface area contributed by atoms with Gasteiger partial charge in [-0.15, -0.1) is 0 Å². The van der Waals surface area contributed by atoms with Crippen molar-refractivity contribution in [3.63, 3.8) is 0 Å². The molecule has 1 fully saturated rings. The number of nitrogens with zero attached hydrogens (tertiary/aromatic N) is 1. The van der Waals surface area contributed by atoms with Gasteiger partial charge < -0.3 is 15.0 Å². The van der Waals surface area contributed by atoms with Crippen LogP contribution in [-0.2, 0) is 9.53 Å². The van der Waals surface area contributed by atoms with Gasteiger partial charge in [-0.1, -0.05) is 22.4 Å². The Morgan fingerprint density at radius 1 is 1.29 bits per heavy atom. The lowest BCUT2D eigenvalue weighted by Gasteiger charge is -2.38. The lowest BCUT2D eigenvalue weighted by molar-refractivity contribution is -0.124. The third-order valence-corrected chi connectivity index (χ3v) is 4.02. The molecule has 0 spiro atoms. The lowest BCUT2D eigenvalue weighted by Crippen LogP contribution is -2.57. The molecule has 8 heteroatoms. The van der Waals surface area contributed by atoms with Gasteiger partial charge in [0.1, 0.15) is 5.60 Å². The van der Waals surface area contributed by atoms with Crippen LogP contribution in [0.2, 0.25) is 0 Å². The number of ether oxygens (including phenoxy) is 1. The van der Waals surface area contributed by atoms with Crippen LogP contribution in [0.15, 0.2) is 0 Å². The summed E-state index contributed by atoms with van der Waals surface area (Å²) < 4.78 is 32.9. The van der Waals surface area contributed by atoms with Crippen molar-refractivity contribution in [3.8, 4) is 0 Å². The van der Waals surface area contributed by atoms with Crippen molar-refractivity contribution < 1.29 is 23.1 Å². The number of likely N-dealkylation sites (tertiary alicyclic amines) is 1. The number of hydrogen-bond acceptors (Lipinski definition) is 3. The first-order chi connectivity index (χ1) is 11.0. The highest BCUT2D eigenvalue weighted by Gasteiger charge is 2.43. The molecule has 1 saturated heterocycles. The van der Waals surface area contributed by atoms with Crippen molar-refractivity contribution in [1.29, 1.82) is 0 Å². The van der Waals surface area contributed by atoms with Crippen molar-refractivity contribution in [3.05, 3.63) is 0 Å². The molecule has 1 atom stereocenters. The first-order valence-electron chi connectivity index (χ1n) is 8.23. The standard InChI is InChI=1S/C16H27BrF2N2O3/c1-15(2,3)24-14(23)21-10-12(9-16(18,19)11-21)20-13(22)7-5-4-6-8-17/h12H,4-11H2,1-3H3,(H,20,22)/t12-/m1/s1. The fourth-order valence-corrected chi connectivity index (χ4v) is 2.91. The second kappa shape index (κ2) is 8.97. The predicted octanol–water partition coefficient (Wildman–Crippen LogP) is 3.70. The summed E-state index contributed by atoms with van der Waals surface area (Å²) in [5, 5.41) is 3.50. The van der Waals surface area contributed by atoms with Crippen LogP contribution in [-0.4, -0.2) is 52.9 Å². The molecule has 140 valence electrons. The van der Waals surface area contributed by atoms with E-state index < -0.39 is 36.6 Å². The molecule has 0 unspecified atom stereocenters. The van der Waals surface area contributed by atoms with E-state index in [0.717, 1.165) is 29.5 Å². The van der Waals surface area contributed by atoms with Crippen LogP contribution in [0.1, 0.15) is 52.9 Å². The van der Waals surface area contributed by atoms with Gasteiger partial charge in [0.15, 0.2) is 0 Å². The van der Waals surface area contributed by atoms with E-state index in [1.165, 1.54) is 0 Å². The highest BCUT2D eigenvalue weighted by molar-refractivity contribution is 9.09. The SMILES string of the molecule is CC(C)(C)OC(=O)N1C[C@H](NC(=O)CCCCCBr)CC(F)(F)C1. The Hall–Kier alpha value is -0.920. The van der Waals surface area contributed by atoms with Crippen LogP contribution in [0.5, 0.6) is 0 Å². The fourth-order valence-electron chi connectivity index (χ4n) is 2.52. The largest absolute Gasteiger partial charge is 0.444 e. The Morgan fingerprint density at radius 2 is 1.96 bits per heavy atom. The zero-order valence-corrected chi connectivity index (χ0v) is 16.1. The van der Waals surface area contributed by atoms with Crippen LogP contribution in [0, 0.1) is 0 Å². The van der Waals surface area contributed by atoms with Crippen LogP contribution < -0.4 is 5.32 Å². The molecule has 0 aromatic carbocycles. The van der Waals surface area contributed by atoms with Crippen molar-refractivity contribution in [2.45, 2.75) is 70.4 Å². The number of alkyl halides is 3. The smallest absolute Gasteiger partial charge is 0.410 e. The van der Waals surface area contributed by atoms with Crippen molar-refractivity contribution >= 4 is 27.9 Å². The molecule has 2 amide bonds. The average molecular weight is 413 g/mol. The van der Waals surface area contributed by atoms with Gasteiger partial charge in [0.2, 0.25) is 5.91 Å². The maximum atomic E-state index is 13.9. The molecule has 0 aliphatic carbocycles. The van der Waals surface area contributed by atoms with E-state index >= 15 is 0 Å². The molecule has 0 radical (unpaired) electrons. The Morgan fingerprint density at radius 3 is 2.54 bits per heavy atom. The summed E-state index contributed by atoms with van der Waals surface area (Å²) in [6.07, 6.45) is 1.67. The van der Waals surface area contributed by atoms with Crippen LogP contribution >= 0.6 is 15.9 Å². The lowest BCUT2D eigenvalue weighted by atomic mass is 10.0. The third-order valence-electron chi connectivity index (χ3n) is 3.46. The minimum absolute atomic E-state index is 0.0393. The molecule has 0 aromatic rings. The average Bonchev–Trinajstić information content (AvgIpc) is 2.40. The van der Waals surface area contributed by atoms with Crippen molar-refractivity contribution in [2.75, 3.05) is 18.4 Å². The first-order valence-corrected chi connectivity index (χ1v) is 9.36. The van der Waals surface area contributed by atoms with E-state index in [1.807, 2.05) is 0 Å². The van der Waals surface area contributed by atoms with Gasteiger partial charge in [-0.25, -0.2) is 13.6 Å². The first kappa shape index (κ1) is 21.1. The summed E-state index contributed by atoms with van der Waals surface area (Å²) >= 11 is 3.32. The van der Waals surface area contributed by atoms with Gasteiger partial charge in [-0.05, 0) is 33.6 Å². The highest BCUT2D eigenvalue weighted by atomic mass is 79.9. The van der Waals surface area contributed by atoms with E-state index in [1.54, 1.807) is 20.8 Å². The summed E-state index contributed by atoms with van der Waals surface area (Å²) in [5.41, 5.74) is -0.752. The molecule has 1 N–H and O–H groups in total. The molecule has 24 heavy (non-hydrogen) atoms. The monoisotopic (exact) mass is 412 g/mol. The topological polar surface area (TPSA) is 58.6 Å². The zero-order valence-electron chi connectivity index (χ0n) is 14.5. The highest BCUT2D eigenvalue weighted by Crippen LogP contribution is 2.28. The van der Waals surface area contributed by atoms with Gasteiger partial charge in [0.25, 0.3) is 5.92 Å². The maximum Gasteiger partial charge on any atom is 0.410 e. The van der Waals surface area contributed by atoms with E-state index in [4.69, 9.17) is 4.74 Å². The normalized spacial score (nSPS) is 20.6. The summed E-state index contributed by atoms with van der Waals surface area (Å²) in [6, 6.07) is -0.759. The number of rotatable bonds is 6. The maximum absolute atomic E-state index is 13.9. The quantitative estimate of drug-likeness (QED) is 0.534. The van der Waals surface area contributed by atoms with Crippen molar-refractivity contribution in [2.24, 2.45) is 0 Å². The summed E-state index contributed by atoms with van der Waals surface area (Å²) in [5.74, 6) is -3.29. The summed E-state index contributed by atoms with van der Waals surface area (Å²) in [6.45, 7) is 4.40. The zero-order chi connectivity index (χ0) is 18.4. The second-order valence-corrected chi connectivity index (χ2v) is 7.98. The number of amides is 2. The number of halogens is 3. The number of unbranched alkanes of at least 4 members (excludes halogenated alkanes) is 2. The minimum Gasteiger partial charge on any atom is -0.444 e. The Labute approximate surface area is 150 Å². The molecule has 5 nitrogen and oxygen atoms in total. The summed E-state index contributed by atoms with van der Waals surface area (Å²) in [4.78, 5) is 24.9. The number of piperidine rings is 1. The molecule has 0 saturated carbocycles. The van der Waals surface area contributed by atoms with Gasteiger partial charge in [0, 0.05) is 24.7 Å². The number of carbonyl (C=O) groups excluding carboxylic acids is 2. The molecular weight excluding hydrogens is 386 g/mol. The third kappa shape index (κ3) is 8.26. The van der Waals surface area contributed by atoms with Gasteiger partial charge in [0.05, 0.1) is 12.6 Å². The van der Waals surface area contributed by atoms with Crippen LogP contribution in [0.3, 0.4) is 0 Å².